The van der Waals surface area contributed by atoms with E-state index in [1.165, 1.54) is 0 Å². The zero-order valence-corrected chi connectivity index (χ0v) is 8.45. The largest absolute Gasteiger partial charge is 0.477 e. The molecule has 1 aliphatic carbocycles. The van der Waals surface area contributed by atoms with Crippen molar-refractivity contribution in [2.75, 3.05) is 0 Å². The number of hydrogen-bond donors (Lipinski definition) is 1. The summed E-state index contributed by atoms with van der Waals surface area (Å²) in [4.78, 5) is 15.4. The zero-order valence-electron chi connectivity index (χ0n) is 8.45. The number of carbonyl (C=O) groups is 1. The predicted octanol–water partition coefficient (Wildman–Crippen LogP) is 1.56. The lowest BCUT2D eigenvalue weighted by Gasteiger charge is -2.00. The summed E-state index contributed by atoms with van der Waals surface area (Å²) in [7, 11) is 1.78. The van der Waals surface area contributed by atoms with Gasteiger partial charge in [-0.3, -0.25) is 0 Å². The average molecular weight is 194 g/mol. The average Bonchev–Trinajstić information content (AvgIpc) is 2.90. The molecule has 0 aliphatic heterocycles. The summed E-state index contributed by atoms with van der Waals surface area (Å²) in [5.41, 5.74) is 1.17. The fraction of sp³-hybridized carbons (Fsp3) is 0.600. The van der Waals surface area contributed by atoms with Crippen LogP contribution in [0.4, 0.5) is 0 Å². The molecule has 4 nitrogen and oxygen atoms in total. The number of hydrogen-bond acceptors (Lipinski definition) is 2. The van der Waals surface area contributed by atoms with Crippen LogP contribution in [-0.2, 0) is 13.5 Å². The summed E-state index contributed by atoms with van der Waals surface area (Å²) in [5, 5.41) is 9.07. The van der Waals surface area contributed by atoms with Crippen LogP contribution in [0.2, 0.25) is 0 Å². The highest BCUT2D eigenvalue weighted by atomic mass is 16.4. The Bertz CT molecular complexity index is 378. The summed E-state index contributed by atoms with van der Waals surface area (Å²) in [6.45, 7) is 1.99. The van der Waals surface area contributed by atoms with E-state index in [9.17, 15) is 4.79 Å². The zero-order chi connectivity index (χ0) is 10.3. The Labute approximate surface area is 82.6 Å². The maximum atomic E-state index is 11.0. The standard InChI is InChI=1S/C10H14N2O2/c1-3-7-11-8(6-4-5-6)9(10(13)14)12(7)2/h6H,3-5H2,1-2H3,(H,13,14). The van der Waals surface area contributed by atoms with Crippen molar-refractivity contribution in [3.8, 4) is 0 Å². The molecule has 0 unspecified atom stereocenters. The normalized spacial score (nSPS) is 15.9. The van der Waals surface area contributed by atoms with Crippen LogP contribution in [-0.4, -0.2) is 20.6 Å². The summed E-state index contributed by atoms with van der Waals surface area (Å²) >= 11 is 0. The lowest BCUT2D eigenvalue weighted by Crippen LogP contribution is -2.08. The van der Waals surface area contributed by atoms with E-state index in [0.29, 0.717) is 11.6 Å². The molecule has 1 aromatic heterocycles. The van der Waals surface area contributed by atoms with E-state index in [2.05, 4.69) is 4.98 Å². The summed E-state index contributed by atoms with van der Waals surface area (Å²) < 4.78 is 1.70. The van der Waals surface area contributed by atoms with E-state index in [-0.39, 0.29) is 0 Å². The van der Waals surface area contributed by atoms with Crippen LogP contribution in [0.1, 0.15) is 47.7 Å². The molecule has 4 heteroatoms. The van der Waals surface area contributed by atoms with E-state index in [1.807, 2.05) is 6.92 Å². The molecule has 1 aliphatic rings. The molecule has 1 aromatic rings. The van der Waals surface area contributed by atoms with Gasteiger partial charge in [0.25, 0.3) is 0 Å². The van der Waals surface area contributed by atoms with Crippen LogP contribution >= 0.6 is 0 Å². The van der Waals surface area contributed by atoms with Crippen molar-refractivity contribution in [3.05, 3.63) is 17.2 Å². The van der Waals surface area contributed by atoms with Gasteiger partial charge in [0.05, 0.1) is 5.69 Å². The predicted molar refractivity (Wildman–Crippen MR) is 51.5 cm³/mol. The van der Waals surface area contributed by atoms with Gasteiger partial charge in [-0.15, -0.1) is 0 Å². The summed E-state index contributed by atoms with van der Waals surface area (Å²) in [6.07, 6.45) is 2.95. The monoisotopic (exact) mass is 194 g/mol. The minimum absolute atomic E-state index is 0.379. The molecule has 0 atom stereocenters. The van der Waals surface area contributed by atoms with E-state index in [4.69, 9.17) is 5.11 Å². The van der Waals surface area contributed by atoms with Gasteiger partial charge in [-0.1, -0.05) is 6.92 Å². The number of rotatable bonds is 3. The van der Waals surface area contributed by atoms with Gasteiger partial charge in [0.1, 0.15) is 5.82 Å². The quantitative estimate of drug-likeness (QED) is 0.794. The molecule has 76 valence electrons. The Morgan fingerprint density at radius 1 is 1.64 bits per heavy atom. The van der Waals surface area contributed by atoms with E-state index < -0.39 is 5.97 Å². The van der Waals surface area contributed by atoms with Gasteiger partial charge in [0.2, 0.25) is 0 Å². The number of carboxylic acid groups (broad SMARTS) is 1. The van der Waals surface area contributed by atoms with Crippen LogP contribution in [0.15, 0.2) is 0 Å². The minimum atomic E-state index is -0.860. The molecular weight excluding hydrogens is 180 g/mol. The van der Waals surface area contributed by atoms with Gasteiger partial charge < -0.3 is 9.67 Å². The van der Waals surface area contributed by atoms with Crippen LogP contribution < -0.4 is 0 Å². The Balaban J connectivity index is 2.51. The van der Waals surface area contributed by atoms with E-state index >= 15 is 0 Å². The molecule has 14 heavy (non-hydrogen) atoms. The van der Waals surface area contributed by atoms with Crippen molar-refractivity contribution in [2.45, 2.75) is 32.1 Å². The molecule has 0 bridgehead atoms. The highest BCUT2D eigenvalue weighted by Gasteiger charge is 2.32. The highest BCUT2D eigenvalue weighted by Crippen LogP contribution is 2.41. The Kier molecular flexibility index (Phi) is 2.06. The van der Waals surface area contributed by atoms with Gasteiger partial charge in [-0.2, -0.15) is 0 Å². The molecule has 2 rings (SSSR count). The molecule has 0 saturated heterocycles. The molecule has 0 radical (unpaired) electrons. The molecule has 0 aromatic carbocycles. The number of carboxylic acids is 1. The van der Waals surface area contributed by atoms with Crippen molar-refractivity contribution in [2.24, 2.45) is 7.05 Å². The van der Waals surface area contributed by atoms with Gasteiger partial charge >= 0.3 is 5.97 Å². The van der Waals surface area contributed by atoms with Crippen molar-refractivity contribution >= 4 is 5.97 Å². The first-order valence-corrected chi connectivity index (χ1v) is 4.94. The smallest absolute Gasteiger partial charge is 0.354 e. The molecule has 0 spiro atoms. The third kappa shape index (κ3) is 1.31. The van der Waals surface area contributed by atoms with Crippen molar-refractivity contribution < 1.29 is 9.90 Å². The van der Waals surface area contributed by atoms with Gasteiger partial charge in [-0.05, 0) is 12.8 Å². The number of imidazole rings is 1. The second-order valence-electron chi connectivity index (χ2n) is 3.75. The first-order chi connectivity index (χ1) is 6.65. The van der Waals surface area contributed by atoms with Gasteiger partial charge in [-0.25, -0.2) is 9.78 Å². The highest BCUT2D eigenvalue weighted by molar-refractivity contribution is 5.87. The number of aryl methyl sites for hydroxylation is 1. The van der Waals surface area contributed by atoms with Crippen molar-refractivity contribution in [1.29, 1.82) is 0 Å². The topological polar surface area (TPSA) is 55.1 Å². The lowest BCUT2D eigenvalue weighted by atomic mass is 10.2. The second-order valence-corrected chi connectivity index (χ2v) is 3.75. The summed E-state index contributed by atoms with van der Waals surface area (Å²) in [6, 6.07) is 0. The lowest BCUT2D eigenvalue weighted by molar-refractivity contribution is 0.0685. The fourth-order valence-electron chi connectivity index (χ4n) is 1.78. The first kappa shape index (κ1) is 9.24. The Morgan fingerprint density at radius 3 is 2.71 bits per heavy atom. The van der Waals surface area contributed by atoms with Crippen LogP contribution in [0.5, 0.6) is 0 Å². The fourth-order valence-corrected chi connectivity index (χ4v) is 1.78. The molecule has 1 N–H and O–H groups in total. The van der Waals surface area contributed by atoms with Crippen LogP contribution in [0.3, 0.4) is 0 Å². The SMILES string of the molecule is CCc1nc(C2CC2)c(C(=O)O)n1C. The van der Waals surface area contributed by atoms with Crippen molar-refractivity contribution in [3.63, 3.8) is 0 Å². The first-order valence-electron chi connectivity index (χ1n) is 4.94. The maximum Gasteiger partial charge on any atom is 0.354 e. The number of aromatic nitrogens is 2. The second kappa shape index (κ2) is 3.12. The molecule has 0 amide bonds. The van der Waals surface area contributed by atoms with Crippen LogP contribution in [0.25, 0.3) is 0 Å². The summed E-state index contributed by atoms with van der Waals surface area (Å²) in [5.74, 6) is 0.401. The van der Waals surface area contributed by atoms with E-state index in [0.717, 1.165) is 30.8 Å². The Morgan fingerprint density at radius 2 is 2.29 bits per heavy atom. The Hall–Kier alpha value is -1.32. The third-order valence-electron chi connectivity index (χ3n) is 2.70. The number of nitrogens with zero attached hydrogens (tertiary/aromatic N) is 2. The maximum absolute atomic E-state index is 11.0. The van der Waals surface area contributed by atoms with Gasteiger partial charge in [0.15, 0.2) is 5.69 Å². The molecule has 1 fully saturated rings. The van der Waals surface area contributed by atoms with Crippen molar-refractivity contribution in [1.82, 2.24) is 9.55 Å². The van der Waals surface area contributed by atoms with Gasteiger partial charge in [0, 0.05) is 19.4 Å². The molecule has 1 heterocycles. The third-order valence-corrected chi connectivity index (χ3v) is 2.70. The molecule has 1 saturated carbocycles. The number of aromatic carboxylic acids is 1. The van der Waals surface area contributed by atoms with E-state index in [1.54, 1.807) is 11.6 Å². The minimum Gasteiger partial charge on any atom is -0.477 e. The molecular formula is C10H14N2O2. The van der Waals surface area contributed by atoms with Crippen LogP contribution in [0, 0.1) is 0 Å².